The highest BCUT2D eigenvalue weighted by Crippen LogP contribution is 2.26. The molecule has 3 heteroatoms. The van der Waals surface area contributed by atoms with Crippen LogP contribution in [0.15, 0.2) is 28.7 Å². The molecular weight excluding hydrogens is 242 g/mol. The van der Waals surface area contributed by atoms with Crippen molar-refractivity contribution in [2.75, 3.05) is 13.7 Å². The molecule has 0 aliphatic carbocycles. The van der Waals surface area contributed by atoms with Gasteiger partial charge in [0.05, 0.1) is 0 Å². The molecular formula is C11H16BrNO. The van der Waals surface area contributed by atoms with Crippen molar-refractivity contribution in [3.63, 3.8) is 0 Å². The number of nitrogens with one attached hydrogen (secondary N) is 1. The Bertz CT molecular complexity index is 303. The van der Waals surface area contributed by atoms with E-state index < -0.39 is 0 Å². The molecule has 1 aromatic carbocycles. The summed E-state index contributed by atoms with van der Waals surface area (Å²) in [4.78, 5) is 0. The van der Waals surface area contributed by atoms with E-state index in [1.54, 1.807) is 0 Å². The van der Waals surface area contributed by atoms with Crippen LogP contribution in [-0.2, 0) is 5.54 Å². The summed E-state index contributed by atoms with van der Waals surface area (Å²) < 4.78 is 1.06. The number of rotatable bonds is 4. The van der Waals surface area contributed by atoms with E-state index in [4.69, 9.17) is 5.11 Å². The van der Waals surface area contributed by atoms with Gasteiger partial charge in [-0.05, 0) is 38.1 Å². The van der Waals surface area contributed by atoms with Crippen LogP contribution < -0.4 is 5.32 Å². The highest BCUT2D eigenvalue weighted by atomic mass is 79.9. The van der Waals surface area contributed by atoms with Crippen LogP contribution in [0.4, 0.5) is 0 Å². The maximum atomic E-state index is 9.01. The molecule has 2 nitrogen and oxygen atoms in total. The predicted molar refractivity (Wildman–Crippen MR) is 62.3 cm³/mol. The van der Waals surface area contributed by atoms with Crippen LogP contribution in [0, 0.1) is 0 Å². The lowest BCUT2D eigenvalue weighted by atomic mass is 9.89. The third-order valence-electron chi connectivity index (χ3n) is 2.63. The Morgan fingerprint density at radius 2 is 2.21 bits per heavy atom. The smallest absolute Gasteiger partial charge is 0.0451 e. The Kier molecular flexibility index (Phi) is 4.11. The van der Waals surface area contributed by atoms with Gasteiger partial charge >= 0.3 is 0 Å². The van der Waals surface area contributed by atoms with Gasteiger partial charge in [0.1, 0.15) is 0 Å². The molecule has 0 amide bonds. The summed E-state index contributed by atoms with van der Waals surface area (Å²) in [6.07, 6.45) is 0.708. The average molecular weight is 258 g/mol. The second-order valence-corrected chi connectivity index (χ2v) is 4.48. The topological polar surface area (TPSA) is 32.3 Å². The Hall–Kier alpha value is -0.380. The van der Waals surface area contributed by atoms with Crippen LogP contribution in [-0.4, -0.2) is 18.8 Å². The van der Waals surface area contributed by atoms with Gasteiger partial charge in [0, 0.05) is 16.6 Å². The monoisotopic (exact) mass is 257 g/mol. The average Bonchev–Trinajstić information content (AvgIpc) is 2.18. The maximum Gasteiger partial charge on any atom is 0.0451 e. The van der Waals surface area contributed by atoms with E-state index in [-0.39, 0.29) is 12.1 Å². The van der Waals surface area contributed by atoms with Gasteiger partial charge in [-0.1, -0.05) is 28.1 Å². The van der Waals surface area contributed by atoms with Gasteiger partial charge in [-0.3, -0.25) is 0 Å². The van der Waals surface area contributed by atoms with Crippen molar-refractivity contribution in [1.29, 1.82) is 0 Å². The van der Waals surface area contributed by atoms with Crippen molar-refractivity contribution >= 4 is 15.9 Å². The molecule has 0 unspecified atom stereocenters. The lowest BCUT2D eigenvalue weighted by Gasteiger charge is -2.29. The minimum Gasteiger partial charge on any atom is -0.396 e. The van der Waals surface area contributed by atoms with Gasteiger partial charge in [0.2, 0.25) is 0 Å². The normalized spacial score (nSPS) is 15.1. The first-order chi connectivity index (χ1) is 6.62. The van der Waals surface area contributed by atoms with Crippen molar-refractivity contribution < 1.29 is 5.11 Å². The fourth-order valence-corrected chi connectivity index (χ4v) is 1.87. The zero-order valence-electron chi connectivity index (χ0n) is 8.55. The summed E-state index contributed by atoms with van der Waals surface area (Å²) in [6.45, 7) is 2.27. The maximum absolute atomic E-state index is 9.01. The van der Waals surface area contributed by atoms with Gasteiger partial charge in [0.15, 0.2) is 0 Å². The van der Waals surface area contributed by atoms with E-state index in [1.807, 2.05) is 19.2 Å². The number of hydrogen-bond donors (Lipinski definition) is 2. The van der Waals surface area contributed by atoms with Gasteiger partial charge < -0.3 is 10.4 Å². The standard InChI is InChI=1S/C11H16BrNO/c1-11(13-2,6-7-14)9-4-3-5-10(12)8-9/h3-5,8,13-14H,6-7H2,1-2H3/t11-/m0/s1. The van der Waals surface area contributed by atoms with Crippen LogP contribution in [0.25, 0.3) is 0 Å². The number of halogens is 1. The van der Waals surface area contributed by atoms with Gasteiger partial charge in [0.25, 0.3) is 0 Å². The molecule has 0 spiro atoms. The molecule has 0 saturated heterocycles. The highest BCUT2D eigenvalue weighted by molar-refractivity contribution is 9.10. The first-order valence-electron chi connectivity index (χ1n) is 4.68. The fourth-order valence-electron chi connectivity index (χ4n) is 1.47. The van der Waals surface area contributed by atoms with Crippen molar-refractivity contribution in [1.82, 2.24) is 5.32 Å². The SMILES string of the molecule is CN[C@@](C)(CCO)c1cccc(Br)c1. The van der Waals surface area contributed by atoms with Gasteiger partial charge in [-0.15, -0.1) is 0 Å². The number of benzene rings is 1. The van der Waals surface area contributed by atoms with Crippen molar-refractivity contribution in [2.45, 2.75) is 18.9 Å². The van der Waals surface area contributed by atoms with Crippen LogP contribution in [0.2, 0.25) is 0 Å². The van der Waals surface area contributed by atoms with Crippen LogP contribution in [0.3, 0.4) is 0 Å². The third-order valence-corrected chi connectivity index (χ3v) is 3.12. The molecule has 14 heavy (non-hydrogen) atoms. The number of hydrogen-bond acceptors (Lipinski definition) is 2. The zero-order chi connectivity index (χ0) is 10.6. The number of aliphatic hydroxyl groups is 1. The minimum absolute atomic E-state index is 0.154. The summed E-state index contributed by atoms with van der Waals surface area (Å²) in [5.41, 5.74) is 1.03. The van der Waals surface area contributed by atoms with Crippen LogP contribution in [0.5, 0.6) is 0 Å². The molecule has 0 aliphatic rings. The Balaban J connectivity index is 2.99. The molecule has 78 valence electrons. The van der Waals surface area contributed by atoms with E-state index in [0.717, 1.165) is 4.47 Å². The van der Waals surface area contributed by atoms with E-state index >= 15 is 0 Å². The molecule has 1 aromatic rings. The van der Waals surface area contributed by atoms with E-state index in [9.17, 15) is 0 Å². The lowest BCUT2D eigenvalue weighted by molar-refractivity contribution is 0.228. The summed E-state index contributed by atoms with van der Waals surface area (Å²) in [7, 11) is 1.91. The quantitative estimate of drug-likeness (QED) is 0.868. The molecule has 1 atom stereocenters. The molecule has 0 aromatic heterocycles. The van der Waals surface area contributed by atoms with E-state index in [2.05, 4.69) is 40.3 Å². The Morgan fingerprint density at radius 3 is 2.71 bits per heavy atom. The number of aliphatic hydroxyl groups excluding tert-OH is 1. The Morgan fingerprint density at radius 1 is 1.50 bits per heavy atom. The highest BCUT2D eigenvalue weighted by Gasteiger charge is 2.23. The molecule has 0 fully saturated rings. The molecule has 0 bridgehead atoms. The Labute approximate surface area is 93.5 Å². The van der Waals surface area contributed by atoms with Crippen molar-refractivity contribution in [3.8, 4) is 0 Å². The zero-order valence-corrected chi connectivity index (χ0v) is 10.1. The fraction of sp³-hybridized carbons (Fsp3) is 0.455. The van der Waals surface area contributed by atoms with Gasteiger partial charge in [-0.2, -0.15) is 0 Å². The van der Waals surface area contributed by atoms with Crippen molar-refractivity contribution in [3.05, 3.63) is 34.3 Å². The summed E-state index contributed by atoms with van der Waals surface area (Å²) in [5, 5.41) is 12.3. The first kappa shape index (κ1) is 11.7. The largest absolute Gasteiger partial charge is 0.396 e. The van der Waals surface area contributed by atoms with Crippen molar-refractivity contribution in [2.24, 2.45) is 0 Å². The van der Waals surface area contributed by atoms with Gasteiger partial charge in [-0.25, -0.2) is 0 Å². The van der Waals surface area contributed by atoms with Crippen LogP contribution in [0.1, 0.15) is 18.9 Å². The summed E-state index contributed by atoms with van der Waals surface area (Å²) in [6, 6.07) is 8.15. The molecule has 2 N–H and O–H groups in total. The molecule has 0 saturated carbocycles. The third kappa shape index (κ3) is 2.56. The molecule has 0 radical (unpaired) electrons. The molecule has 0 aliphatic heterocycles. The second kappa shape index (κ2) is 4.91. The molecule has 1 rings (SSSR count). The molecule has 0 heterocycles. The second-order valence-electron chi connectivity index (χ2n) is 3.57. The first-order valence-corrected chi connectivity index (χ1v) is 5.47. The minimum atomic E-state index is -0.154. The predicted octanol–water partition coefficient (Wildman–Crippen LogP) is 2.27. The van der Waals surface area contributed by atoms with E-state index in [1.165, 1.54) is 5.56 Å². The van der Waals surface area contributed by atoms with E-state index in [0.29, 0.717) is 6.42 Å². The summed E-state index contributed by atoms with van der Waals surface area (Å²) in [5.74, 6) is 0. The lowest BCUT2D eigenvalue weighted by Crippen LogP contribution is -2.37. The van der Waals surface area contributed by atoms with Crippen LogP contribution >= 0.6 is 15.9 Å². The summed E-state index contributed by atoms with van der Waals surface area (Å²) >= 11 is 3.44.